The maximum absolute atomic E-state index is 10.9. The van der Waals surface area contributed by atoms with Crippen LogP contribution < -0.4 is 0 Å². The predicted molar refractivity (Wildman–Crippen MR) is 60.5 cm³/mol. The molecule has 0 aromatic rings. The number of hydrogen-bond acceptors (Lipinski definition) is 3. The van der Waals surface area contributed by atoms with Crippen molar-refractivity contribution < 1.29 is 9.53 Å². The normalized spacial score (nSPS) is 17.8. The summed E-state index contributed by atoms with van der Waals surface area (Å²) in [6.45, 7) is 2.28. The summed E-state index contributed by atoms with van der Waals surface area (Å²) in [6, 6.07) is 0. The van der Waals surface area contributed by atoms with Gasteiger partial charge in [0.05, 0.1) is 6.61 Å². The van der Waals surface area contributed by atoms with Gasteiger partial charge >= 0.3 is 5.97 Å². The minimum Gasteiger partial charge on any atom is -0.463 e. The number of carbonyl (C=O) groups excluding carboxylic acids is 1. The van der Waals surface area contributed by atoms with Gasteiger partial charge in [-0.25, -0.2) is 4.79 Å². The fourth-order valence-corrected chi connectivity index (χ4v) is 2.73. The van der Waals surface area contributed by atoms with Crippen LogP contribution in [0.5, 0.6) is 0 Å². The van der Waals surface area contributed by atoms with Crippen LogP contribution in [-0.4, -0.2) is 23.6 Å². The zero-order chi connectivity index (χ0) is 10.2. The number of rotatable bonds is 5. The molecule has 0 bridgehead atoms. The van der Waals surface area contributed by atoms with Crippen molar-refractivity contribution in [3.63, 3.8) is 0 Å². The van der Waals surface area contributed by atoms with Crippen molar-refractivity contribution in [3.05, 3.63) is 12.2 Å². The van der Waals surface area contributed by atoms with E-state index in [1.54, 1.807) is 0 Å². The predicted octanol–water partition coefficient (Wildman–Crippen LogP) is 2.78. The Hall–Kier alpha value is -0.440. The first-order valence-corrected chi connectivity index (χ1v) is 6.32. The van der Waals surface area contributed by atoms with Gasteiger partial charge in [-0.15, -0.1) is 0 Å². The van der Waals surface area contributed by atoms with Crippen molar-refractivity contribution >= 4 is 17.7 Å². The third-order valence-corrected chi connectivity index (χ3v) is 3.60. The van der Waals surface area contributed by atoms with Gasteiger partial charge in [0.25, 0.3) is 0 Å². The average Bonchev–Trinajstić information content (AvgIpc) is 2.65. The van der Waals surface area contributed by atoms with Gasteiger partial charge in [0, 0.05) is 17.1 Å². The fourth-order valence-electron chi connectivity index (χ4n) is 1.58. The molecule has 0 aliphatic heterocycles. The summed E-state index contributed by atoms with van der Waals surface area (Å²) in [5.41, 5.74) is 0. The van der Waals surface area contributed by atoms with Gasteiger partial charge in [-0.3, -0.25) is 0 Å². The van der Waals surface area contributed by atoms with Crippen LogP contribution in [0.4, 0.5) is 0 Å². The summed E-state index contributed by atoms with van der Waals surface area (Å²) in [5, 5.41) is 0.821. The lowest BCUT2D eigenvalue weighted by atomic mass is 10.4. The van der Waals surface area contributed by atoms with Crippen LogP contribution in [0.25, 0.3) is 0 Å². The van der Waals surface area contributed by atoms with Gasteiger partial charge < -0.3 is 4.74 Å². The van der Waals surface area contributed by atoms with E-state index in [1.165, 1.54) is 31.8 Å². The Balaban J connectivity index is 2.04. The Kier molecular flexibility index (Phi) is 5.76. The lowest BCUT2D eigenvalue weighted by molar-refractivity contribution is -0.137. The average molecular weight is 214 g/mol. The Bertz CT molecular complexity index is 195. The van der Waals surface area contributed by atoms with Crippen molar-refractivity contribution in [2.24, 2.45) is 0 Å². The second kappa shape index (κ2) is 6.93. The second-order valence-corrected chi connectivity index (χ2v) is 4.73. The maximum atomic E-state index is 10.9. The number of esters is 1. The summed E-state index contributed by atoms with van der Waals surface area (Å²) < 4.78 is 4.78. The summed E-state index contributed by atoms with van der Waals surface area (Å²) in [4.78, 5) is 10.9. The van der Waals surface area contributed by atoms with E-state index in [0.717, 1.165) is 11.0 Å². The lowest BCUT2D eigenvalue weighted by Crippen LogP contribution is -1.99. The minimum atomic E-state index is -0.223. The van der Waals surface area contributed by atoms with E-state index in [2.05, 4.69) is 0 Å². The molecule has 14 heavy (non-hydrogen) atoms. The van der Waals surface area contributed by atoms with E-state index in [-0.39, 0.29) is 5.97 Å². The molecule has 0 amide bonds. The molecule has 1 aliphatic rings. The molecule has 0 spiro atoms. The highest BCUT2D eigenvalue weighted by atomic mass is 32.2. The molecule has 2 nitrogen and oxygen atoms in total. The molecule has 0 aromatic heterocycles. The lowest BCUT2D eigenvalue weighted by Gasteiger charge is -2.04. The minimum absolute atomic E-state index is 0.223. The largest absolute Gasteiger partial charge is 0.463 e. The van der Waals surface area contributed by atoms with E-state index < -0.39 is 0 Å². The molecule has 0 unspecified atom stereocenters. The standard InChI is InChI=1S/C11H18O2S/c1-2-13-11(12)8-5-9-14-10-6-3-4-7-10/h5,8,10H,2-4,6-7,9H2,1H3/b8-5+. The van der Waals surface area contributed by atoms with Gasteiger partial charge in [0.1, 0.15) is 0 Å². The first-order chi connectivity index (χ1) is 6.83. The molecular formula is C11H18O2S. The summed E-state index contributed by atoms with van der Waals surface area (Å²) in [7, 11) is 0. The van der Waals surface area contributed by atoms with Crippen LogP contribution in [-0.2, 0) is 9.53 Å². The molecule has 1 rings (SSSR count). The molecule has 1 aliphatic carbocycles. The molecule has 0 radical (unpaired) electrons. The van der Waals surface area contributed by atoms with Crippen molar-refractivity contribution in [3.8, 4) is 0 Å². The molecule has 0 atom stereocenters. The molecule has 1 saturated carbocycles. The summed E-state index contributed by atoms with van der Waals surface area (Å²) in [5.74, 6) is 0.711. The topological polar surface area (TPSA) is 26.3 Å². The van der Waals surface area contributed by atoms with E-state index >= 15 is 0 Å². The van der Waals surface area contributed by atoms with Crippen LogP contribution >= 0.6 is 11.8 Å². The molecule has 0 saturated heterocycles. The Morgan fingerprint density at radius 2 is 2.21 bits per heavy atom. The number of ether oxygens (including phenoxy) is 1. The van der Waals surface area contributed by atoms with Crippen LogP contribution in [0.15, 0.2) is 12.2 Å². The van der Waals surface area contributed by atoms with Crippen LogP contribution in [0.2, 0.25) is 0 Å². The van der Waals surface area contributed by atoms with Crippen molar-refractivity contribution in [2.75, 3.05) is 12.4 Å². The molecule has 0 aromatic carbocycles. The van der Waals surface area contributed by atoms with Gasteiger partial charge in [-0.1, -0.05) is 18.9 Å². The van der Waals surface area contributed by atoms with Crippen LogP contribution in [0.3, 0.4) is 0 Å². The number of carbonyl (C=O) groups is 1. The van der Waals surface area contributed by atoms with E-state index in [0.29, 0.717) is 6.61 Å². The first-order valence-electron chi connectivity index (χ1n) is 5.28. The van der Waals surface area contributed by atoms with Gasteiger partial charge in [-0.2, -0.15) is 11.8 Å². The third-order valence-electron chi connectivity index (χ3n) is 2.27. The van der Waals surface area contributed by atoms with Crippen molar-refractivity contribution in [1.29, 1.82) is 0 Å². The Morgan fingerprint density at radius 1 is 1.50 bits per heavy atom. The number of hydrogen-bond donors (Lipinski definition) is 0. The molecule has 0 N–H and O–H groups in total. The van der Waals surface area contributed by atoms with Crippen molar-refractivity contribution in [1.82, 2.24) is 0 Å². The van der Waals surface area contributed by atoms with Crippen LogP contribution in [0.1, 0.15) is 32.6 Å². The molecular weight excluding hydrogens is 196 g/mol. The maximum Gasteiger partial charge on any atom is 0.330 e. The van der Waals surface area contributed by atoms with E-state index in [9.17, 15) is 4.79 Å². The molecule has 80 valence electrons. The second-order valence-electron chi connectivity index (χ2n) is 3.39. The van der Waals surface area contributed by atoms with Crippen molar-refractivity contribution in [2.45, 2.75) is 37.9 Å². The molecule has 0 heterocycles. The highest BCUT2D eigenvalue weighted by Gasteiger charge is 2.13. The van der Waals surface area contributed by atoms with E-state index in [4.69, 9.17) is 4.74 Å². The highest BCUT2D eigenvalue weighted by molar-refractivity contribution is 8.00. The molecule has 1 fully saturated rings. The van der Waals surface area contributed by atoms with Gasteiger partial charge in [-0.05, 0) is 19.8 Å². The highest BCUT2D eigenvalue weighted by Crippen LogP contribution is 2.29. The monoisotopic (exact) mass is 214 g/mol. The third kappa shape index (κ3) is 4.70. The van der Waals surface area contributed by atoms with Gasteiger partial charge in [0.15, 0.2) is 0 Å². The SMILES string of the molecule is CCOC(=O)/C=C/CSC1CCCC1. The smallest absolute Gasteiger partial charge is 0.330 e. The van der Waals surface area contributed by atoms with Crippen LogP contribution in [0, 0.1) is 0 Å². The Morgan fingerprint density at radius 3 is 2.86 bits per heavy atom. The molecule has 3 heteroatoms. The summed E-state index contributed by atoms with van der Waals surface area (Å²) >= 11 is 1.95. The quantitative estimate of drug-likeness (QED) is 0.520. The zero-order valence-electron chi connectivity index (χ0n) is 8.70. The fraction of sp³-hybridized carbons (Fsp3) is 0.727. The zero-order valence-corrected chi connectivity index (χ0v) is 9.52. The van der Waals surface area contributed by atoms with E-state index in [1.807, 2.05) is 24.8 Å². The van der Waals surface area contributed by atoms with Gasteiger partial charge in [0.2, 0.25) is 0 Å². The first kappa shape index (κ1) is 11.6. The summed E-state index contributed by atoms with van der Waals surface area (Å²) in [6.07, 6.45) is 8.88. The number of thioether (sulfide) groups is 1. The Labute approximate surface area is 90.1 Å².